The van der Waals surface area contributed by atoms with Gasteiger partial charge in [0.2, 0.25) is 0 Å². The Morgan fingerprint density at radius 2 is 2.07 bits per heavy atom. The van der Waals surface area contributed by atoms with Crippen molar-refractivity contribution < 1.29 is 19.8 Å². The van der Waals surface area contributed by atoms with Gasteiger partial charge >= 0.3 is 5.97 Å². The Morgan fingerprint density at radius 3 is 2.53 bits per heavy atom. The highest BCUT2D eigenvalue weighted by atomic mass is 16.5. The van der Waals surface area contributed by atoms with Gasteiger partial charge < -0.3 is 15.1 Å². The Bertz CT molecular complexity index is 358. The van der Waals surface area contributed by atoms with Crippen LogP contribution < -0.4 is 4.74 Å². The van der Waals surface area contributed by atoms with Crippen LogP contribution in [0.5, 0.6) is 5.75 Å². The van der Waals surface area contributed by atoms with E-state index >= 15 is 0 Å². The van der Waals surface area contributed by atoms with Crippen LogP contribution in [-0.2, 0) is 4.79 Å². The van der Waals surface area contributed by atoms with Gasteiger partial charge in [0.25, 0.3) is 0 Å². The van der Waals surface area contributed by atoms with Crippen molar-refractivity contribution in [1.29, 1.82) is 0 Å². The van der Waals surface area contributed by atoms with Gasteiger partial charge in [-0.25, -0.2) is 4.79 Å². The standard InChI is InChI=1S/C10H11NO4/c1-7(10(12)13)15-9-4-2-8(3-5-9)6-11-14/h2-7,14H,1H3,(H,12,13). The zero-order valence-corrected chi connectivity index (χ0v) is 8.12. The molecule has 1 unspecified atom stereocenters. The van der Waals surface area contributed by atoms with Crippen LogP contribution >= 0.6 is 0 Å². The molecule has 0 heterocycles. The van der Waals surface area contributed by atoms with Gasteiger partial charge in [-0.3, -0.25) is 0 Å². The smallest absolute Gasteiger partial charge is 0.344 e. The minimum absolute atomic E-state index is 0.458. The molecule has 1 aromatic rings. The van der Waals surface area contributed by atoms with Gasteiger partial charge in [-0.05, 0) is 36.8 Å². The maximum Gasteiger partial charge on any atom is 0.344 e. The summed E-state index contributed by atoms with van der Waals surface area (Å²) in [5.74, 6) is -0.559. The second-order valence-electron chi connectivity index (χ2n) is 2.91. The van der Waals surface area contributed by atoms with Crippen LogP contribution in [0.15, 0.2) is 29.4 Å². The van der Waals surface area contributed by atoms with Crippen molar-refractivity contribution in [2.75, 3.05) is 0 Å². The summed E-state index contributed by atoms with van der Waals surface area (Å²) in [7, 11) is 0. The Balaban J connectivity index is 2.68. The second-order valence-corrected chi connectivity index (χ2v) is 2.91. The average Bonchev–Trinajstić information content (AvgIpc) is 2.21. The molecule has 0 aliphatic carbocycles. The van der Waals surface area contributed by atoms with E-state index in [0.29, 0.717) is 11.3 Å². The minimum Gasteiger partial charge on any atom is -0.479 e. The van der Waals surface area contributed by atoms with Crippen molar-refractivity contribution >= 4 is 12.2 Å². The lowest BCUT2D eigenvalue weighted by Gasteiger charge is -2.09. The molecule has 1 rings (SSSR count). The number of hydrogen-bond donors (Lipinski definition) is 2. The van der Waals surface area contributed by atoms with Crippen LogP contribution in [0, 0.1) is 0 Å². The molecular formula is C10H11NO4. The van der Waals surface area contributed by atoms with Gasteiger partial charge in [0.05, 0.1) is 6.21 Å². The van der Waals surface area contributed by atoms with Crippen LogP contribution in [0.2, 0.25) is 0 Å². The van der Waals surface area contributed by atoms with Gasteiger partial charge in [0.15, 0.2) is 6.10 Å². The number of hydrogen-bond acceptors (Lipinski definition) is 4. The van der Waals surface area contributed by atoms with E-state index in [0.717, 1.165) is 0 Å². The third-order valence-corrected chi connectivity index (χ3v) is 1.75. The lowest BCUT2D eigenvalue weighted by molar-refractivity contribution is -0.144. The van der Waals surface area contributed by atoms with Crippen LogP contribution in [-0.4, -0.2) is 28.6 Å². The number of aliphatic carboxylic acids is 1. The fourth-order valence-electron chi connectivity index (χ4n) is 0.954. The molecule has 0 spiro atoms. The van der Waals surface area contributed by atoms with Crippen molar-refractivity contribution in [2.24, 2.45) is 5.16 Å². The van der Waals surface area contributed by atoms with E-state index in [2.05, 4.69) is 5.16 Å². The molecule has 0 saturated carbocycles. The van der Waals surface area contributed by atoms with Crippen molar-refractivity contribution in [1.82, 2.24) is 0 Å². The Kier molecular flexibility index (Phi) is 3.68. The predicted molar refractivity (Wildman–Crippen MR) is 53.5 cm³/mol. The number of carboxylic acids is 1. The topological polar surface area (TPSA) is 79.1 Å². The van der Waals surface area contributed by atoms with Crippen molar-refractivity contribution in [3.63, 3.8) is 0 Å². The van der Waals surface area contributed by atoms with E-state index < -0.39 is 12.1 Å². The maximum absolute atomic E-state index is 10.5. The molecule has 0 aromatic heterocycles. The number of rotatable bonds is 4. The quantitative estimate of drug-likeness (QED) is 0.445. The summed E-state index contributed by atoms with van der Waals surface area (Å²) in [6.45, 7) is 1.45. The Morgan fingerprint density at radius 1 is 1.47 bits per heavy atom. The molecule has 80 valence electrons. The normalized spacial score (nSPS) is 12.6. The molecule has 0 fully saturated rings. The van der Waals surface area contributed by atoms with Gasteiger partial charge in [0.1, 0.15) is 5.75 Å². The number of ether oxygens (including phenoxy) is 1. The van der Waals surface area contributed by atoms with E-state index in [1.165, 1.54) is 13.1 Å². The van der Waals surface area contributed by atoms with E-state index in [9.17, 15) is 4.79 Å². The third-order valence-electron chi connectivity index (χ3n) is 1.75. The van der Waals surface area contributed by atoms with Gasteiger partial charge in [-0.1, -0.05) is 5.16 Å². The maximum atomic E-state index is 10.5. The largest absolute Gasteiger partial charge is 0.479 e. The predicted octanol–water partition coefficient (Wildman–Crippen LogP) is 1.35. The first-order valence-corrected chi connectivity index (χ1v) is 4.30. The van der Waals surface area contributed by atoms with Crippen molar-refractivity contribution in [3.8, 4) is 5.75 Å². The second kappa shape index (κ2) is 4.99. The molecule has 0 amide bonds. The molecule has 0 aliphatic rings. The summed E-state index contributed by atoms with van der Waals surface area (Å²) >= 11 is 0. The fraction of sp³-hybridized carbons (Fsp3) is 0.200. The van der Waals surface area contributed by atoms with Crippen molar-refractivity contribution in [3.05, 3.63) is 29.8 Å². The first-order chi connectivity index (χ1) is 7.13. The van der Waals surface area contributed by atoms with E-state index in [1.807, 2.05) is 0 Å². The van der Waals surface area contributed by atoms with Crippen LogP contribution in [0.1, 0.15) is 12.5 Å². The summed E-state index contributed by atoms with van der Waals surface area (Å²) in [4.78, 5) is 10.5. The number of benzene rings is 1. The van der Waals surface area contributed by atoms with E-state index in [-0.39, 0.29) is 0 Å². The average molecular weight is 209 g/mol. The summed E-state index contributed by atoms with van der Waals surface area (Å²) in [5.41, 5.74) is 0.702. The minimum atomic E-state index is -1.02. The fourth-order valence-corrected chi connectivity index (χ4v) is 0.954. The Hall–Kier alpha value is -2.04. The summed E-state index contributed by atoms with van der Waals surface area (Å²) in [6, 6.07) is 6.53. The highest BCUT2D eigenvalue weighted by Crippen LogP contribution is 2.12. The van der Waals surface area contributed by atoms with Crippen molar-refractivity contribution in [2.45, 2.75) is 13.0 Å². The summed E-state index contributed by atoms with van der Waals surface area (Å²) in [6.07, 6.45) is 0.382. The highest BCUT2D eigenvalue weighted by Gasteiger charge is 2.11. The SMILES string of the molecule is CC(Oc1ccc(C=NO)cc1)C(=O)O. The molecule has 0 aliphatic heterocycles. The van der Waals surface area contributed by atoms with Crippen LogP contribution in [0.25, 0.3) is 0 Å². The van der Waals surface area contributed by atoms with Crippen LogP contribution in [0.3, 0.4) is 0 Å². The number of nitrogens with zero attached hydrogens (tertiary/aromatic N) is 1. The lowest BCUT2D eigenvalue weighted by Crippen LogP contribution is -2.22. The van der Waals surface area contributed by atoms with Gasteiger partial charge in [0, 0.05) is 0 Å². The highest BCUT2D eigenvalue weighted by molar-refractivity contribution is 5.79. The third kappa shape index (κ3) is 3.30. The zero-order chi connectivity index (χ0) is 11.3. The summed E-state index contributed by atoms with van der Waals surface area (Å²) < 4.78 is 5.10. The number of carbonyl (C=O) groups is 1. The van der Waals surface area contributed by atoms with Crippen LogP contribution in [0.4, 0.5) is 0 Å². The molecule has 5 heteroatoms. The molecule has 0 radical (unpaired) electrons. The molecule has 1 aromatic carbocycles. The monoisotopic (exact) mass is 209 g/mol. The molecule has 15 heavy (non-hydrogen) atoms. The molecule has 5 nitrogen and oxygen atoms in total. The first kappa shape index (κ1) is 11.0. The molecule has 0 bridgehead atoms. The Labute approximate surface area is 86.6 Å². The molecule has 0 saturated heterocycles. The lowest BCUT2D eigenvalue weighted by atomic mass is 10.2. The van der Waals surface area contributed by atoms with E-state index in [4.69, 9.17) is 15.1 Å². The van der Waals surface area contributed by atoms with Gasteiger partial charge in [-0.15, -0.1) is 0 Å². The molecule has 2 N–H and O–H groups in total. The molecule has 1 atom stereocenters. The van der Waals surface area contributed by atoms with Gasteiger partial charge in [-0.2, -0.15) is 0 Å². The number of carboxylic acid groups (broad SMARTS) is 1. The summed E-state index contributed by atoms with van der Waals surface area (Å²) in [5, 5.41) is 19.7. The number of oxime groups is 1. The first-order valence-electron chi connectivity index (χ1n) is 4.30. The molecular weight excluding hydrogens is 198 g/mol. The van der Waals surface area contributed by atoms with E-state index in [1.54, 1.807) is 24.3 Å². The zero-order valence-electron chi connectivity index (χ0n) is 8.12.